The first kappa shape index (κ1) is 17.7. The average Bonchev–Trinajstić information content (AvgIpc) is 2.44. The van der Waals surface area contributed by atoms with Crippen LogP contribution in [-0.2, 0) is 11.3 Å². The Morgan fingerprint density at radius 1 is 1.33 bits per heavy atom. The summed E-state index contributed by atoms with van der Waals surface area (Å²) in [6.45, 7) is 7.81. The van der Waals surface area contributed by atoms with E-state index in [2.05, 4.69) is 49.9 Å². The number of hydrogen-bond acceptors (Lipinski definition) is 1. The summed E-state index contributed by atoms with van der Waals surface area (Å²) in [5.41, 5.74) is 1.30. The van der Waals surface area contributed by atoms with Crippen LogP contribution < -0.4 is 4.57 Å². The van der Waals surface area contributed by atoms with E-state index in [1.54, 1.807) is 0 Å². The molecule has 1 rings (SSSR count). The Kier molecular flexibility index (Phi) is 8.03. The highest BCUT2D eigenvalue weighted by Crippen LogP contribution is 2.22. The molecule has 1 aromatic heterocycles. The molecule has 118 valence electrons. The zero-order chi connectivity index (χ0) is 15.7. The Morgan fingerprint density at radius 3 is 2.71 bits per heavy atom. The van der Waals surface area contributed by atoms with Crippen molar-refractivity contribution in [1.82, 2.24) is 0 Å². The molecule has 2 atom stereocenters. The molecular weight excluding hydrogens is 262 g/mol. The van der Waals surface area contributed by atoms with E-state index in [1.165, 1.54) is 18.4 Å². The van der Waals surface area contributed by atoms with Crippen LogP contribution in [0, 0.1) is 18.8 Å². The van der Waals surface area contributed by atoms with Gasteiger partial charge in [-0.15, -0.1) is 0 Å². The van der Waals surface area contributed by atoms with E-state index in [0.29, 0.717) is 18.3 Å². The van der Waals surface area contributed by atoms with E-state index in [4.69, 9.17) is 5.11 Å². The molecule has 0 bridgehead atoms. The van der Waals surface area contributed by atoms with E-state index in [1.807, 2.05) is 0 Å². The smallest absolute Gasteiger partial charge is 0.303 e. The van der Waals surface area contributed by atoms with E-state index < -0.39 is 5.97 Å². The number of pyridine rings is 1. The third-order valence-electron chi connectivity index (χ3n) is 4.33. The van der Waals surface area contributed by atoms with Crippen LogP contribution in [0.2, 0.25) is 0 Å². The highest BCUT2D eigenvalue weighted by Gasteiger charge is 2.19. The number of nitrogens with zero attached hydrogens (tertiary/aromatic N) is 1. The van der Waals surface area contributed by atoms with Gasteiger partial charge in [0.15, 0.2) is 18.9 Å². The number of carbonyl (C=O) groups is 1. The SMILES string of the molecule is CCC(C[n+]1cccc(C)c1)C(C)CCCCCC(=O)O. The van der Waals surface area contributed by atoms with E-state index >= 15 is 0 Å². The van der Waals surface area contributed by atoms with Crippen LogP contribution in [0.4, 0.5) is 0 Å². The van der Waals surface area contributed by atoms with Crippen LogP contribution in [0.5, 0.6) is 0 Å². The molecule has 3 nitrogen and oxygen atoms in total. The molecule has 0 amide bonds. The lowest BCUT2D eigenvalue weighted by Crippen LogP contribution is -2.38. The minimum absolute atomic E-state index is 0.310. The Morgan fingerprint density at radius 2 is 2.10 bits per heavy atom. The van der Waals surface area contributed by atoms with Crippen molar-refractivity contribution in [2.24, 2.45) is 11.8 Å². The number of aromatic nitrogens is 1. The van der Waals surface area contributed by atoms with E-state index in [-0.39, 0.29) is 0 Å². The van der Waals surface area contributed by atoms with Gasteiger partial charge in [-0.1, -0.05) is 33.1 Å². The maximum atomic E-state index is 10.5. The first-order chi connectivity index (χ1) is 10.0. The second-order valence-corrected chi connectivity index (χ2v) is 6.22. The minimum Gasteiger partial charge on any atom is -0.481 e. The minimum atomic E-state index is -0.676. The molecule has 0 saturated carbocycles. The molecule has 0 aliphatic carbocycles. The van der Waals surface area contributed by atoms with Gasteiger partial charge in [0.25, 0.3) is 0 Å². The molecule has 3 heteroatoms. The molecular formula is C18H30NO2+. The number of carboxylic acid groups (broad SMARTS) is 1. The summed E-state index contributed by atoms with van der Waals surface area (Å²) in [6, 6.07) is 4.24. The standard InChI is InChI=1S/C18H29NO2/c1-4-17(14-19-12-8-9-15(2)13-19)16(3)10-6-5-7-11-18(20)21/h8-9,12-13,16-17H,4-7,10-11,14H2,1-3H3/p+1. The molecule has 0 aliphatic heterocycles. The normalized spacial score (nSPS) is 13.9. The van der Waals surface area contributed by atoms with Crippen LogP contribution in [0.15, 0.2) is 24.5 Å². The average molecular weight is 292 g/mol. The van der Waals surface area contributed by atoms with Gasteiger partial charge in [0.1, 0.15) is 0 Å². The van der Waals surface area contributed by atoms with Crippen LogP contribution >= 0.6 is 0 Å². The Hall–Kier alpha value is -1.38. The van der Waals surface area contributed by atoms with Crippen molar-refractivity contribution in [1.29, 1.82) is 0 Å². The zero-order valence-electron chi connectivity index (χ0n) is 13.7. The monoisotopic (exact) mass is 292 g/mol. The van der Waals surface area contributed by atoms with Crippen molar-refractivity contribution < 1.29 is 14.5 Å². The second-order valence-electron chi connectivity index (χ2n) is 6.22. The Bertz CT molecular complexity index is 431. The van der Waals surface area contributed by atoms with Gasteiger partial charge < -0.3 is 5.11 Å². The fourth-order valence-corrected chi connectivity index (χ4v) is 2.90. The summed E-state index contributed by atoms with van der Waals surface area (Å²) in [5.74, 6) is 0.703. The molecule has 0 saturated heterocycles. The first-order valence-corrected chi connectivity index (χ1v) is 8.20. The summed E-state index contributed by atoms with van der Waals surface area (Å²) in [7, 11) is 0. The number of aliphatic carboxylic acids is 1. The quantitative estimate of drug-likeness (QED) is 0.523. The van der Waals surface area contributed by atoms with Crippen molar-refractivity contribution in [2.45, 2.75) is 65.8 Å². The molecule has 0 aliphatic rings. The third-order valence-corrected chi connectivity index (χ3v) is 4.33. The molecule has 0 radical (unpaired) electrons. The first-order valence-electron chi connectivity index (χ1n) is 8.20. The van der Waals surface area contributed by atoms with Gasteiger partial charge in [-0.3, -0.25) is 4.79 Å². The number of aryl methyl sites for hydroxylation is 1. The Balaban J connectivity index is 2.35. The predicted molar refractivity (Wildman–Crippen MR) is 85.0 cm³/mol. The summed E-state index contributed by atoms with van der Waals surface area (Å²) in [5, 5.41) is 8.63. The van der Waals surface area contributed by atoms with Crippen molar-refractivity contribution in [2.75, 3.05) is 0 Å². The summed E-state index contributed by atoms with van der Waals surface area (Å²) >= 11 is 0. The summed E-state index contributed by atoms with van der Waals surface area (Å²) in [6.07, 6.45) is 10.0. The van der Waals surface area contributed by atoms with Crippen molar-refractivity contribution in [3.63, 3.8) is 0 Å². The van der Waals surface area contributed by atoms with Crippen LogP contribution in [0.1, 0.15) is 57.9 Å². The van der Waals surface area contributed by atoms with Gasteiger partial charge in [0.2, 0.25) is 0 Å². The maximum absolute atomic E-state index is 10.5. The van der Waals surface area contributed by atoms with Gasteiger partial charge >= 0.3 is 5.97 Å². The molecule has 21 heavy (non-hydrogen) atoms. The molecule has 1 N–H and O–H groups in total. The van der Waals surface area contributed by atoms with Gasteiger partial charge in [-0.05, 0) is 31.7 Å². The van der Waals surface area contributed by atoms with Crippen LogP contribution in [0.3, 0.4) is 0 Å². The number of rotatable bonds is 10. The molecule has 2 unspecified atom stereocenters. The highest BCUT2D eigenvalue weighted by atomic mass is 16.4. The molecule has 0 aromatic carbocycles. The fraction of sp³-hybridized carbons (Fsp3) is 0.667. The molecule has 1 aromatic rings. The lowest BCUT2D eigenvalue weighted by atomic mass is 9.87. The topological polar surface area (TPSA) is 41.2 Å². The van der Waals surface area contributed by atoms with Crippen LogP contribution in [0.25, 0.3) is 0 Å². The van der Waals surface area contributed by atoms with E-state index in [9.17, 15) is 4.79 Å². The lowest BCUT2D eigenvalue weighted by Gasteiger charge is -2.20. The maximum Gasteiger partial charge on any atom is 0.303 e. The van der Waals surface area contributed by atoms with Crippen molar-refractivity contribution >= 4 is 5.97 Å². The van der Waals surface area contributed by atoms with Gasteiger partial charge in [0, 0.05) is 24.0 Å². The predicted octanol–water partition coefficient (Wildman–Crippen LogP) is 3.98. The lowest BCUT2D eigenvalue weighted by molar-refractivity contribution is -0.704. The van der Waals surface area contributed by atoms with E-state index in [0.717, 1.165) is 25.8 Å². The third kappa shape index (κ3) is 7.26. The number of carboxylic acids is 1. The highest BCUT2D eigenvalue weighted by molar-refractivity contribution is 5.66. The second kappa shape index (κ2) is 9.54. The van der Waals surface area contributed by atoms with Crippen molar-refractivity contribution in [3.8, 4) is 0 Å². The largest absolute Gasteiger partial charge is 0.481 e. The van der Waals surface area contributed by atoms with Crippen LogP contribution in [-0.4, -0.2) is 11.1 Å². The molecule has 1 heterocycles. The summed E-state index contributed by atoms with van der Waals surface area (Å²) in [4.78, 5) is 10.5. The zero-order valence-corrected chi connectivity index (χ0v) is 13.7. The van der Waals surface area contributed by atoms with Gasteiger partial charge in [-0.25, -0.2) is 4.57 Å². The fourth-order valence-electron chi connectivity index (χ4n) is 2.90. The van der Waals surface area contributed by atoms with Gasteiger partial charge in [0.05, 0.1) is 0 Å². The number of hydrogen-bond donors (Lipinski definition) is 1. The number of unbranched alkanes of at least 4 members (excludes halogenated alkanes) is 2. The Labute approximate surface area is 129 Å². The molecule has 0 fully saturated rings. The summed E-state index contributed by atoms with van der Waals surface area (Å²) < 4.78 is 2.30. The molecule has 0 spiro atoms. The van der Waals surface area contributed by atoms with Crippen molar-refractivity contribution in [3.05, 3.63) is 30.1 Å². The van der Waals surface area contributed by atoms with Gasteiger partial charge in [-0.2, -0.15) is 0 Å².